The van der Waals surface area contributed by atoms with E-state index >= 15 is 0 Å². The summed E-state index contributed by atoms with van der Waals surface area (Å²) in [4.78, 5) is 31.2. The van der Waals surface area contributed by atoms with Crippen LogP contribution >= 0.6 is 0 Å². The van der Waals surface area contributed by atoms with Crippen molar-refractivity contribution in [3.8, 4) is 11.5 Å². The van der Waals surface area contributed by atoms with E-state index < -0.39 is 6.10 Å². The molecule has 28 heavy (non-hydrogen) atoms. The summed E-state index contributed by atoms with van der Waals surface area (Å²) < 4.78 is 11.4. The Morgan fingerprint density at radius 2 is 1.89 bits per heavy atom. The van der Waals surface area contributed by atoms with Crippen LogP contribution in [-0.2, 0) is 9.59 Å². The molecule has 2 aliphatic heterocycles. The van der Waals surface area contributed by atoms with Gasteiger partial charge in [-0.15, -0.1) is 0 Å². The molecule has 4 rings (SSSR count). The second-order valence-corrected chi connectivity index (χ2v) is 7.17. The van der Waals surface area contributed by atoms with Crippen LogP contribution in [0.1, 0.15) is 18.4 Å². The molecule has 1 N–H and O–H groups in total. The number of hydrogen-bond donors (Lipinski definition) is 1. The zero-order valence-corrected chi connectivity index (χ0v) is 15.8. The van der Waals surface area contributed by atoms with Crippen LogP contribution in [0.4, 0.5) is 5.82 Å². The number of carbonyl (C=O) groups is 2. The van der Waals surface area contributed by atoms with E-state index in [4.69, 9.17) is 9.47 Å². The third-order valence-corrected chi connectivity index (χ3v) is 5.13. The van der Waals surface area contributed by atoms with Gasteiger partial charge in [0.2, 0.25) is 12.0 Å². The van der Waals surface area contributed by atoms with Crippen LogP contribution in [0.5, 0.6) is 11.5 Å². The van der Waals surface area contributed by atoms with Gasteiger partial charge in [-0.25, -0.2) is 4.98 Å². The maximum absolute atomic E-state index is 12.8. The quantitative estimate of drug-likeness (QED) is 0.883. The Bertz CT molecular complexity index is 877. The molecule has 0 spiro atoms. The number of amides is 2. The Hall–Kier alpha value is -3.09. The summed E-state index contributed by atoms with van der Waals surface area (Å²) in [6.07, 6.45) is 2.27. The molecular formula is C21H23N3O4. The SMILES string of the molecule is Cc1ccnc(NC(=O)C2CCN(C(=O)C3COc4ccccc4O3)CC2)c1. The highest BCUT2D eigenvalue weighted by atomic mass is 16.6. The van der Waals surface area contributed by atoms with Gasteiger partial charge < -0.3 is 19.7 Å². The fraction of sp³-hybridized carbons (Fsp3) is 0.381. The van der Waals surface area contributed by atoms with Crippen molar-refractivity contribution in [2.45, 2.75) is 25.9 Å². The number of benzene rings is 1. The normalized spacial score (nSPS) is 19.2. The van der Waals surface area contributed by atoms with Crippen LogP contribution in [0.25, 0.3) is 0 Å². The fourth-order valence-electron chi connectivity index (χ4n) is 3.54. The molecule has 1 atom stereocenters. The molecule has 1 fully saturated rings. The molecule has 7 heteroatoms. The van der Waals surface area contributed by atoms with Crippen LogP contribution in [0.3, 0.4) is 0 Å². The van der Waals surface area contributed by atoms with Crippen molar-refractivity contribution in [2.24, 2.45) is 5.92 Å². The van der Waals surface area contributed by atoms with E-state index in [0.29, 0.717) is 43.2 Å². The maximum Gasteiger partial charge on any atom is 0.267 e. The Balaban J connectivity index is 1.30. The molecule has 1 aromatic heterocycles. The molecule has 1 unspecified atom stereocenters. The summed E-state index contributed by atoms with van der Waals surface area (Å²) in [5.74, 6) is 1.55. The van der Waals surface area contributed by atoms with E-state index in [1.807, 2.05) is 37.3 Å². The molecule has 1 aromatic carbocycles. The van der Waals surface area contributed by atoms with Crippen LogP contribution < -0.4 is 14.8 Å². The van der Waals surface area contributed by atoms with E-state index in [9.17, 15) is 9.59 Å². The number of rotatable bonds is 3. The lowest BCUT2D eigenvalue weighted by atomic mass is 9.95. The molecule has 2 aliphatic rings. The molecule has 0 aliphatic carbocycles. The molecule has 2 aromatic rings. The highest BCUT2D eigenvalue weighted by Crippen LogP contribution is 2.31. The zero-order chi connectivity index (χ0) is 19.5. The number of para-hydroxylation sites is 2. The van der Waals surface area contributed by atoms with Gasteiger partial charge in [0.15, 0.2) is 11.5 Å². The monoisotopic (exact) mass is 381 g/mol. The number of ether oxygens (including phenoxy) is 2. The third kappa shape index (κ3) is 3.93. The van der Waals surface area contributed by atoms with Gasteiger partial charge in [0.25, 0.3) is 5.91 Å². The molecule has 0 radical (unpaired) electrons. The van der Waals surface area contributed by atoms with Crippen molar-refractivity contribution in [2.75, 3.05) is 25.0 Å². The van der Waals surface area contributed by atoms with Gasteiger partial charge in [-0.05, 0) is 49.6 Å². The molecular weight excluding hydrogens is 358 g/mol. The van der Waals surface area contributed by atoms with Crippen LogP contribution in [0.2, 0.25) is 0 Å². The van der Waals surface area contributed by atoms with E-state index in [1.165, 1.54) is 0 Å². The molecule has 7 nitrogen and oxygen atoms in total. The second-order valence-electron chi connectivity index (χ2n) is 7.17. The summed E-state index contributed by atoms with van der Waals surface area (Å²) in [5.41, 5.74) is 1.04. The molecule has 2 amide bonds. The van der Waals surface area contributed by atoms with E-state index in [1.54, 1.807) is 17.2 Å². The number of hydrogen-bond acceptors (Lipinski definition) is 5. The summed E-state index contributed by atoms with van der Waals surface area (Å²) in [6, 6.07) is 11.1. The van der Waals surface area contributed by atoms with Crippen LogP contribution in [0.15, 0.2) is 42.6 Å². The molecule has 0 bridgehead atoms. The van der Waals surface area contributed by atoms with Crippen molar-refractivity contribution < 1.29 is 19.1 Å². The minimum atomic E-state index is -0.642. The minimum Gasteiger partial charge on any atom is -0.485 e. The van der Waals surface area contributed by atoms with E-state index in [2.05, 4.69) is 10.3 Å². The van der Waals surface area contributed by atoms with Gasteiger partial charge in [0.05, 0.1) is 0 Å². The van der Waals surface area contributed by atoms with Crippen LogP contribution in [0, 0.1) is 12.8 Å². The second kappa shape index (κ2) is 7.88. The van der Waals surface area contributed by atoms with Gasteiger partial charge in [-0.1, -0.05) is 12.1 Å². The highest BCUT2D eigenvalue weighted by Gasteiger charge is 2.34. The number of pyridine rings is 1. The third-order valence-electron chi connectivity index (χ3n) is 5.13. The number of piperidine rings is 1. The van der Waals surface area contributed by atoms with E-state index in [0.717, 1.165) is 5.56 Å². The van der Waals surface area contributed by atoms with Crippen LogP contribution in [-0.4, -0.2) is 47.5 Å². The lowest BCUT2D eigenvalue weighted by Gasteiger charge is -2.35. The zero-order valence-electron chi connectivity index (χ0n) is 15.8. The number of anilines is 1. The number of nitrogens with zero attached hydrogens (tertiary/aromatic N) is 2. The van der Waals surface area contributed by atoms with Crippen molar-refractivity contribution in [3.05, 3.63) is 48.2 Å². The highest BCUT2D eigenvalue weighted by molar-refractivity contribution is 5.92. The first kappa shape index (κ1) is 18.3. The number of fused-ring (bicyclic) bond motifs is 1. The largest absolute Gasteiger partial charge is 0.485 e. The minimum absolute atomic E-state index is 0.0450. The van der Waals surface area contributed by atoms with Crippen molar-refractivity contribution >= 4 is 17.6 Å². The molecule has 0 saturated carbocycles. The van der Waals surface area contributed by atoms with Gasteiger partial charge in [-0.3, -0.25) is 9.59 Å². The number of likely N-dealkylation sites (tertiary alicyclic amines) is 1. The first-order chi connectivity index (χ1) is 13.6. The fourth-order valence-corrected chi connectivity index (χ4v) is 3.54. The molecule has 146 valence electrons. The smallest absolute Gasteiger partial charge is 0.267 e. The van der Waals surface area contributed by atoms with Gasteiger partial charge in [0.1, 0.15) is 12.4 Å². The summed E-state index contributed by atoms with van der Waals surface area (Å²) in [5, 5.41) is 2.87. The van der Waals surface area contributed by atoms with Gasteiger partial charge in [-0.2, -0.15) is 0 Å². The predicted octanol–water partition coefficient (Wildman–Crippen LogP) is 2.41. The average molecular weight is 381 g/mol. The Morgan fingerprint density at radius 1 is 1.14 bits per heavy atom. The van der Waals surface area contributed by atoms with Crippen molar-refractivity contribution in [1.29, 1.82) is 0 Å². The molecule has 3 heterocycles. The summed E-state index contributed by atoms with van der Waals surface area (Å²) >= 11 is 0. The summed E-state index contributed by atoms with van der Waals surface area (Å²) in [6.45, 7) is 3.21. The average Bonchev–Trinajstić information content (AvgIpc) is 2.73. The lowest BCUT2D eigenvalue weighted by Crippen LogP contribution is -2.50. The molecule has 1 saturated heterocycles. The Morgan fingerprint density at radius 3 is 2.64 bits per heavy atom. The van der Waals surface area contributed by atoms with Gasteiger partial charge >= 0.3 is 0 Å². The number of carbonyl (C=O) groups excluding carboxylic acids is 2. The van der Waals surface area contributed by atoms with Gasteiger partial charge in [0, 0.05) is 25.2 Å². The first-order valence-electron chi connectivity index (χ1n) is 9.51. The summed E-state index contributed by atoms with van der Waals surface area (Å²) in [7, 11) is 0. The Kier molecular flexibility index (Phi) is 5.14. The standard InChI is InChI=1S/C21H23N3O4/c1-14-6-9-22-19(12-14)23-20(25)15-7-10-24(11-8-15)21(26)18-13-27-16-4-2-3-5-17(16)28-18/h2-6,9,12,15,18H,7-8,10-11,13H2,1H3,(H,22,23,25). The van der Waals surface area contributed by atoms with Crippen molar-refractivity contribution in [1.82, 2.24) is 9.88 Å². The van der Waals surface area contributed by atoms with E-state index in [-0.39, 0.29) is 24.3 Å². The first-order valence-corrected chi connectivity index (χ1v) is 9.51. The maximum atomic E-state index is 12.8. The lowest BCUT2D eigenvalue weighted by molar-refractivity contribution is -0.143. The number of nitrogens with one attached hydrogen (secondary N) is 1. The number of aryl methyl sites for hydroxylation is 1. The Labute approximate surface area is 163 Å². The van der Waals surface area contributed by atoms with Crippen molar-refractivity contribution in [3.63, 3.8) is 0 Å². The topological polar surface area (TPSA) is 80.8 Å². The number of aromatic nitrogens is 1. The predicted molar refractivity (Wildman–Crippen MR) is 103 cm³/mol.